The van der Waals surface area contributed by atoms with Crippen molar-refractivity contribution in [3.8, 4) is 0 Å². The van der Waals surface area contributed by atoms with Gasteiger partial charge in [-0.2, -0.15) is 0 Å². The summed E-state index contributed by atoms with van der Waals surface area (Å²) in [5.74, 6) is 1.14. The lowest BCUT2D eigenvalue weighted by Crippen LogP contribution is -1.93. The van der Waals surface area contributed by atoms with E-state index in [-0.39, 0.29) is 0 Å². The van der Waals surface area contributed by atoms with Gasteiger partial charge in [0.15, 0.2) is 0 Å². The van der Waals surface area contributed by atoms with Crippen molar-refractivity contribution < 1.29 is 4.42 Å². The summed E-state index contributed by atoms with van der Waals surface area (Å²) >= 11 is 0. The highest BCUT2D eigenvalue weighted by Gasteiger charge is 2.13. The number of para-hydroxylation sites is 1. The Kier molecular flexibility index (Phi) is 4.40. The molecule has 1 aromatic heterocycles. The highest BCUT2D eigenvalue weighted by Crippen LogP contribution is 2.29. The third kappa shape index (κ3) is 3.18. The first-order valence-corrected chi connectivity index (χ1v) is 7.91. The van der Waals surface area contributed by atoms with Crippen LogP contribution in [0.2, 0.25) is 0 Å². The van der Waals surface area contributed by atoms with Crippen molar-refractivity contribution in [1.29, 1.82) is 0 Å². The third-order valence-electron chi connectivity index (χ3n) is 4.02. The van der Waals surface area contributed by atoms with Gasteiger partial charge >= 0.3 is 0 Å². The summed E-state index contributed by atoms with van der Waals surface area (Å²) in [7, 11) is 0. The molecule has 0 bridgehead atoms. The van der Waals surface area contributed by atoms with Gasteiger partial charge in [-0.3, -0.25) is 0 Å². The summed E-state index contributed by atoms with van der Waals surface area (Å²) in [6, 6.07) is 19.0. The van der Waals surface area contributed by atoms with E-state index in [1.807, 2.05) is 6.07 Å². The summed E-state index contributed by atoms with van der Waals surface area (Å²) in [6.45, 7) is 2.25. The monoisotopic (exact) mass is 278 g/mol. The van der Waals surface area contributed by atoms with Crippen LogP contribution in [0.15, 0.2) is 59.0 Å². The minimum atomic E-state index is 0.886. The van der Waals surface area contributed by atoms with Crippen LogP contribution in [0, 0.1) is 0 Å². The molecular formula is C20H22O. The Morgan fingerprint density at radius 2 is 1.62 bits per heavy atom. The van der Waals surface area contributed by atoms with E-state index in [1.165, 1.54) is 35.8 Å². The molecule has 0 saturated carbocycles. The maximum atomic E-state index is 6.13. The predicted octanol–water partition coefficient (Wildman–Crippen LogP) is 5.76. The van der Waals surface area contributed by atoms with Crippen molar-refractivity contribution in [2.45, 2.75) is 39.0 Å². The summed E-state index contributed by atoms with van der Waals surface area (Å²) in [5, 5.41) is 1.29. The van der Waals surface area contributed by atoms with Gasteiger partial charge in [-0.25, -0.2) is 0 Å². The first kappa shape index (κ1) is 13.9. The molecule has 1 heterocycles. The van der Waals surface area contributed by atoms with E-state index in [1.54, 1.807) is 0 Å². The molecule has 1 heteroatoms. The van der Waals surface area contributed by atoms with Crippen molar-refractivity contribution in [2.24, 2.45) is 0 Å². The van der Waals surface area contributed by atoms with Crippen molar-refractivity contribution in [3.63, 3.8) is 0 Å². The lowest BCUT2D eigenvalue weighted by molar-refractivity contribution is 0.553. The van der Waals surface area contributed by atoms with Crippen LogP contribution in [0.25, 0.3) is 11.0 Å². The van der Waals surface area contributed by atoms with Crippen LogP contribution < -0.4 is 0 Å². The van der Waals surface area contributed by atoms with Gasteiger partial charge in [0.05, 0.1) is 0 Å². The average Bonchev–Trinajstić information content (AvgIpc) is 2.86. The van der Waals surface area contributed by atoms with Gasteiger partial charge in [-0.1, -0.05) is 68.3 Å². The number of benzene rings is 2. The topological polar surface area (TPSA) is 13.1 Å². The van der Waals surface area contributed by atoms with Gasteiger partial charge in [0.2, 0.25) is 0 Å². The zero-order chi connectivity index (χ0) is 14.5. The number of hydrogen-bond donors (Lipinski definition) is 0. The Hall–Kier alpha value is -2.02. The summed E-state index contributed by atoms with van der Waals surface area (Å²) in [5.41, 5.74) is 3.74. The maximum Gasteiger partial charge on any atom is 0.134 e. The van der Waals surface area contributed by atoms with Crippen LogP contribution in [0.4, 0.5) is 0 Å². The molecular weight excluding hydrogens is 256 g/mol. The molecule has 2 aromatic carbocycles. The molecule has 0 atom stereocenters. The summed E-state index contributed by atoms with van der Waals surface area (Å²) in [4.78, 5) is 0. The number of hydrogen-bond acceptors (Lipinski definition) is 1. The minimum Gasteiger partial charge on any atom is -0.460 e. The number of fused-ring (bicyclic) bond motifs is 1. The van der Waals surface area contributed by atoms with Crippen molar-refractivity contribution >= 4 is 11.0 Å². The fourth-order valence-electron chi connectivity index (χ4n) is 2.90. The highest BCUT2D eigenvalue weighted by atomic mass is 16.3. The lowest BCUT2D eigenvalue weighted by Gasteiger charge is -2.03. The molecule has 0 amide bonds. The fourth-order valence-corrected chi connectivity index (χ4v) is 2.90. The predicted molar refractivity (Wildman–Crippen MR) is 88.7 cm³/mol. The molecule has 0 aliphatic carbocycles. The number of aryl methyl sites for hydroxylation is 1. The molecule has 0 fully saturated rings. The van der Waals surface area contributed by atoms with Gasteiger partial charge in [0.25, 0.3) is 0 Å². The fraction of sp³-hybridized carbons (Fsp3) is 0.300. The zero-order valence-corrected chi connectivity index (χ0v) is 12.6. The lowest BCUT2D eigenvalue weighted by atomic mass is 10.0. The molecule has 108 valence electrons. The SMILES string of the molecule is CCCCCc1c(Cc2ccccc2)oc2ccccc12. The molecule has 0 saturated heterocycles. The molecule has 0 spiro atoms. The normalized spacial score (nSPS) is 11.1. The standard InChI is InChI=1S/C20H22O/c1-2-3-5-12-18-17-13-8-9-14-19(17)21-20(18)15-16-10-6-4-7-11-16/h4,6-11,13-14H,2-3,5,12,15H2,1H3. The van der Waals surface area contributed by atoms with Crippen molar-refractivity contribution in [2.75, 3.05) is 0 Å². The van der Waals surface area contributed by atoms with Gasteiger partial charge in [-0.05, 0) is 24.5 Å². The summed E-state index contributed by atoms with van der Waals surface area (Å²) < 4.78 is 6.13. The minimum absolute atomic E-state index is 0.886. The molecule has 21 heavy (non-hydrogen) atoms. The molecule has 0 radical (unpaired) electrons. The Morgan fingerprint density at radius 1 is 0.857 bits per heavy atom. The van der Waals surface area contributed by atoms with E-state index in [4.69, 9.17) is 4.42 Å². The van der Waals surface area contributed by atoms with Crippen LogP contribution in [0.3, 0.4) is 0 Å². The van der Waals surface area contributed by atoms with Crippen molar-refractivity contribution in [1.82, 2.24) is 0 Å². The maximum absolute atomic E-state index is 6.13. The summed E-state index contributed by atoms with van der Waals surface area (Å²) in [6.07, 6.45) is 5.78. The Labute approximate surface area is 126 Å². The number of furan rings is 1. The zero-order valence-electron chi connectivity index (χ0n) is 12.6. The highest BCUT2D eigenvalue weighted by molar-refractivity contribution is 5.82. The Morgan fingerprint density at radius 3 is 2.43 bits per heavy atom. The van der Waals surface area contributed by atoms with Gasteiger partial charge in [-0.15, -0.1) is 0 Å². The molecule has 3 rings (SSSR count). The molecule has 0 unspecified atom stereocenters. The molecule has 1 nitrogen and oxygen atoms in total. The van der Waals surface area contributed by atoms with Crippen LogP contribution in [0.1, 0.15) is 43.1 Å². The molecule has 0 aliphatic rings. The van der Waals surface area contributed by atoms with Gasteiger partial charge < -0.3 is 4.42 Å². The quantitative estimate of drug-likeness (QED) is 0.523. The van der Waals surface area contributed by atoms with E-state index < -0.39 is 0 Å². The van der Waals surface area contributed by atoms with Gasteiger partial charge in [0.1, 0.15) is 11.3 Å². The molecule has 3 aromatic rings. The second-order valence-electron chi connectivity index (χ2n) is 5.62. The van der Waals surface area contributed by atoms with Crippen LogP contribution in [-0.4, -0.2) is 0 Å². The largest absolute Gasteiger partial charge is 0.460 e. The van der Waals surface area contributed by atoms with E-state index in [0.29, 0.717) is 0 Å². The van der Waals surface area contributed by atoms with E-state index >= 15 is 0 Å². The molecule has 0 aliphatic heterocycles. The molecule has 0 N–H and O–H groups in total. The van der Waals surface area contributed by atoms with Crippen LogP contribution >= 0.6 is 0 Å². The van der Waals surface area contributed by atoms with E-state index in [0.717, 1.165) is 24.2 Å². The number of rotatable bonds is 6. The van der Waals surface area contributed by atoms with Crippen molar-refractivity contribution in [3.05, 3.63) is 71.5 Å². The van der Waals surface area contributed by atoms with Gasteiger partial charge in [0, 0.05) is 17.4 Å². The van der Waals surface area contributed by atoms with E-state index in [9.17, 15) is 0 Å². The Bertz CT molecular complexity index is 694. The third-order valence-corrected chi connectivity index (χ3v) is 4.02. The second-order valence-corrected chi connectivity index (χ2v) is 5.62. The first-order valence-electron chi connectivity index (χ1n) is 7.91. The second kappa shape index (κ2) is 6.62. The Balaban J connectivity index is 1.94. The van der Waals surface area contributed by atoms with Crippen LogP contribution in [-0.2, 0) is 12.8 Å². The van der Waals surface area contributed by atoms with E-state index in [2.05, 4.69) is 55.5 Å². The smallest absolute Gasteiger partial charge is 0.134 e. The first-order chi connectivity index (χ1) is 10.4. The number of unbranched alkanes of at least 4 members (excludes halogenated alkanes) is 2. The average molecular weight is 278 g/mol. The van der Waals surface area contributed by atoms with Crippen LogP contribution in [0.5, 0.6) is 0 Å².